The molecule has 30 heavy (non-hydrogen) atoms. The van der Waals surface area contributed by atoms with Crippen molar-refractivity contribution in [2.24, 2.45) is 0 Å². The molecule has 3 rings (SSSR count). The van der Waals surface area contributed by atoms with Gasteiger partial charge >= 0.3 is 0 Å². The quantitative estimate of drug-likeness (QED) is 0.294. The van der Waals surface area contributed by atoms with Crippen LogP contribution in [0.2, 0.25) is 0 Å². The van der Waals surface area contributed by atoms with E-state index < -0.39 is 26.7 Å². The summed E-state index contributed by atoms with van der Waals surface area (Å²) in [6, 6.07) is 13.7. The molecule has 0 amide bonds. The lowest BCUT2D eigenvalue weighted by atomic mass is 10.1. The number of sulfonamides is 1. The largest absolute Gasteiger partial charge is 0.315 e. The molecule has 2 aromatic carbocycles. The minimum absolute atomic E-state index is 0. The summed E-state index contributed by atoms with van der Waals surface area (Å²) in [6.07, 6.45) is 3.69. The Labute approximate surface area is 181 Å². The highest BCUT2D eigenvalue weighted by atomic mass is 35.5. The highest BCUT2D eigenvalue weighted by Crippen LogP contribution is 2.32. The molecule has 1 atom stereocenters. The highest BCUT2D eigenvalue weighted by molar-refractivity contribution is 7.89. The molecule has 0 saturated heterocycles. The fourth-order valence-corrected chi connectivity index (χ4v) is 4.53. The van der Waals surface area contributed by atoms with Crippen molar-refractivity contribution in [3.8, 4) is 0 Å². The van der Waals surface area contributed by atoms with Crippen molar-refractivity contribution in [1.29, 1.82) is 0 Å². The van der Waals surface area contributed by atoms with Crippen LogP contribution >= 0.6 is 12.4 Å². The Bertz CT molecular complexity index is 1110. The Balaban J connectivity index is 0.00000320. The summed E-state index contributed by atoms with van der Waals surface area (Å²) in [7, 11) is -4.07. The second kappa shape index (κ2) is 10.4. The van der Waals surface area contributed by atoms with Crippen LogP contribution in [0.15, 0.2) is 65.8 Å². The van der Waals surface area contributed by atoms with E-state index in [1.54, 1.807) is 6.92 Å². The third-order valence-electron chi connectivity index (χ3n) is 4.47. The van der Waals surface area contributed by atoms with Gasteiger partial charge in [0.1, 0.15) is 0 Å². The minimum atomic E-state index is -4.07. The van der Waals surface area contributed by atoms with Crippen LogP contribution in [0.3, 0.4) is 0 Å². The van der Waals surface area contributed by atoms with E-state index in [0.717, 1.165) is 6.42 Å². The van der Waals surface area contributed by atoms with Gasteiger partial charge in [-0.2, -0.15) is 0 Å². The zero-order valence-electron chi connectivity index (χ0n) is 16.3. The number of nitro benzene ring substituents is 1. The predicted octanol–water partition coefficient (Wildman–Crippen LogP) is 3.06. The van der Waals surface area contributed by atoms with Gasteiger partial charge in [0.05, 0.1) is 10.3 Å². The maximum absolute atomic E-state index is 12.8. The molecular weight excluding hydrogens is 428 g/mol. The molecule has 0 aliphatic carbocycles. The fraction of sp³-hybridized carbons (Fsp3) is 0.250. The van der Waals surface area contributed by atoms with E-state index in [1.807, 2.05) is 30.3 Å². The number of benzene rings is 2. The number of aromatic nitrogens is 1. The van der Waals surface area contributed by atoms with Gasteiger partial charge in [-0.15, -0.1) is 12.4 Å². The lowest BCUT2D eigenvalue weighted by Gasteiger charge is -2.15. The molecule has 0 spiro atoms. The Morgan fingerprint density at radius 2 is 1.87 bits per heavy atom. The highest BCUT2D eigenvalue weighted by Gasteiger charge is 2.29. The molecule has 8 nitrogen and oxygen atoms in total. The molecule has 2 N–H and O–H groups in total. The molecule has 0 aliphatic rings. The number of nitrogens with zero attached hydrogens (tertiary/aromatic N) is 2. The van der Waals surface area contributed by atoms with Crippen molar-refractivity contribution in [1.82, 2.24) is 15.0 Å². The SMILES string of the molecule is C[C@H](CNCCc1ccccc1)NS(=O)(=O)c1ccc2cnccc2c1[N+](=O)[O-].Cl. The zero-order valence-corrected chi connectivity index (χ0v) is 17.9. The van der Waals surface area contributed by atoms with Crippen LogP contribution in [0.5, 0.6) is 0 Å². The van der Waals surface area contributed by atoms with Crippen molar-refractivity contribution in [2.75, 3.05) is 13.1 Å². The first-order chi connectivity index (χ1) is 13.9. The summed E-state index contributed by atoms with van der Waals surface area (Å²) in [5, 5.41) is 15.5. The molecule has 1 heterocycles. The first-order valence-corrected chi connectivity index (χ1v) is 10.6. The maximum Gasteiger partial charge on any atom is 0.297 e. The number of pyridine rings is 1. The predicted molar refractivity (Wildman–Crippen MR) is 118 cm³/mol. The van der Waals surface area contributed by atoms with Crippen LogP contribution < -0.4 is 10.0 Å². The number of halogens is 1. The second-order valence-electron chi connectivity index (χ2n) is 6.73. The van der Waals surface area contributed by atoms with Crippen molar-refractivity contribution < 1.29 is 13.3 Å². The van der Waals surface area contributed by atoms with Crippen LogP contribution in [-0.2, 0) is 16.4 Å². The topological polar surface area (TPSA) is 114 Å². The van der Waals surface area contributed by atoms with Crippen LogP contribution in [-0.4, -0.2) is 37.5 Å². The monoisotopic (exact) mass is 450 g/mol. The van der Waals surface area contributed by atoms with Gasteiger partial charge in [-0.05, 0) is 37.6 Å². The van der Waals surface area contributed by atoms with Crippen molar-refractivity contribution >= 4 is 38.9 Å². The number of hydrogen-bond acceptors (Lipinski definition) is 6. The smallest absolute Gasteiger partial charge is 0.297 e. The van der Waals surface area contributed by atoms with Crippen LogP contribution in [0.4, 0.5) is 5.69 Å². The molecule has 160 valence electrons. The van der Waals surface area contributed by atoms with Gasteiger partial charge in [0.25, 0.3) is 5.69 Å². The molecule has 1 aromatic heterocycles. The van der Waals surface area contributed by atoms with Gasteiger partial charge in [-0.1, -0.05) is 36.4 Å². The summed E-state index contributed by atoms with van der Waals surface area (Å²) >= 11 is 0. The van der Waals surface area contributed by atoms with Gasteiger partial charge in [0.15, 0.2) is 4.90 Å². The molecule has 0 radical (unpaired) electrons. The van der Waals surface area contributed by atoms with Crippen molar-refractivity contribution in [3.63, 3.8) is 0 Å². The van der Waals surface area contributed by atoms with E-state index >= 15 is 0 Å². The summed E-state index contributed by atoms with van der Waals surface area (Å²) < 4.78 is 28.1. The Morgan fingerprint density at radius 1 is 1.13 bits per heavy atom. The summed E-state index contributed by atoms with van der Waals surface area (Å²) in [5.41, 5.74) is 0.746. The van der Waals surface area contributed by atoms with Crippen LogP contribution in [0.1, 0.15) is 12.5 Å². The molecule has 0 saturated carbocycles. The molecular formula is C20H23ClN4O4S. The van der Waals surface area contributed by atoms with Crippen molar-refractivity contribution in [2.45, 2.75) is 24.3 Å². The molecule has 0 bridgehead atoms. The van der Waals surface area contributed by atoms with E-state index in [2.05, 4.69) is 15.0 Å². The maximum atomic E-state index is 12.8. The third-order valence-corrected chi connectivity index (χ3v) is 6.09. The second-order valence-corrected chi connectivity index (χ2v) is 8.41. The average Bonchev–Trinajstić information content (AvgIpc) is 2.70. The number of fused-ring (bicyclic) bond motifs is 1. The summed E-state index contributed by atoms with van der Waals surface area (Å²) in [5.74, 6) is 0. The number of nitro groups is 1. The normalized spacial score (nSPS) is 12.3. The third kappa shape index (κ3) is 5.73. The number of rotatable bonds is 9. The van der Waals surface area contributed by atoms with Gasteiger partial charge in [-0.25, -0.2) is 13.1 Å². The van der Waals surface area contributed by atoms with Gasteiger partial charge in [-0.3, -0.25) is 15.1 Å². The molecule has 10 heteroatoms. The molecule has 0 aliphatic heterocycles. The Morgan fingerprint density at radius 3 is 2.57 bits per heavy atom. The minimum Gasteiger partial charge on any atom is -0.315 e. The lowest BCUT2D eigenvalue weighted by molar-refractivity contribution is -0.386. The van der Waals surface area contributed by atoms with Crippen LogP contribution in [0, 0.1) is 10.1 Å². The Hall–Kier alpha value is -2.59. The fourth-order valence-electron chi connectivity index (χ4n) is 3.10. The first kappa shape index (κ1) is 23.7. The summed E-state index contributed by atoms with van der Waals surface area (Å²) in [6.45, 7) is 2.81. The summed E-state index contributed by atoms with van der Waals surface area (Å²) in [4.78, 5) is 14.5. The zero-order chi connectivity index (χ0) is 20.9. The average molecular weight is 451 g/mol. The van der Waals surface area contributed by atoms with Crippen LogP contribution in [0.25, 0.3) is 10.8 Å². The van der Waals surface area contributed by atoms with E-state index in [1.165, 1.54) is 36.2 Å². The van der Waals surface area contributed by atoms with E-state index in [-0.39, 0.29) is 22.7 Å². The van der Waals surface area contributed by atoms with E-state index in [9.17, 15) is 18.5 Å². The van der Waals surface area contributed by atoms with E-state index in [4.69, 9.17) is 0 Å². The number of hydrogen-bond donors (Lipinski definition) is 2. The Kier molecular flexibility index (Phi) is 8.24. The molecule has 3 aromatic rings. The number of nitrogens with one attached hydrogen (secondary N) is 2. The van der Waals surface area contributed by atoms with Gasteiger partial charge in [0, 0.05) is 30.4 Å². The van der Waals surface area contributed by atoms with Gasteiger partial charge in [0.2, 0.25) is 10.0 Å². The van der Waals surface area contributed by atoms with E-state index in [0.29, 0.717) is 18.5 Å². The van der Waals surface area contributed by atoms with Gasteiger partial charge < -0.3 is 5.32 Å². The lowest BCUT2D eigenvalue weighted by Crippen LogP contribution is -2.40. The molecule has 0 unspecified atom stereocenters. The first-order valence-electron chi connectivity index (χ1n) is 9.16. The molecule has 0 fully saturated rings. The standard InChI is InChI=1S/C20H22N4O4S.ClH/c1-15(13-21-11-9-16-5-3-2-4-6-16)23-29(27,28)19-8-7-17-14-22-12-10-18(17)20(19)24(25)26;/h2-8,10,12,14-15,21,23H,9,11,13H2,1H3;1H/t15-;/m1./s1. The van der Waals surface area contributed by atoms with Crippen molar-refractivity contribution in [3.05, 3.63) is 76.6 Å².